The van der Waals surface area contributed by atoms with Crippen LogP contribution in [0.1, 0.15) is 46.3 Å². The Morgan fingerprint density at radius 2 is 1.82 bits per heavy atom. The molecule has 1 atom stereocenters. The quantitative estimate of drug-likeness (QED) is 0.537. The van der Waals surface area contributed by atoms with Crippen LogP contribution in [0.3, 0.4) is 0 Å². The highest BCUT2D eigenvalue weighted by atomic mass is 16.5. The normalized spacial score (nSPS) is 14.7. The van der Waals surface area contributed by atoms with Gasteiger partial charge in [-0.2, -0.15) is 0 Å². The van der Waals surface area contributed by atoms with Crippen LogP contribution < -0.4 is 19.5 Å². The Morgan fingerprint density at radius 3 is 2.50 bits per heavy atom. The molecule has 10 heteroatoms. The maximum absolute atomic E-state index is 12.6. The molecule has 10 nitrogen and oxygen atoms in total. The minimum absolute atomic E-state index is 0.188. The molecule has 0 bridgehead atoms. The Balaban J connectivity index is 1.46. The van der Waals surface area contributed by atoms with Crippen molar-refractivity contribution in [2.24, 2.45) is 0 Å². The van der Waals surface area contributed by atoms with E-state index in [1.807, 2.05) is 19.1 Å². The second kappa shape index (κ2) is 10.2. The van der Waals surface area contributed by atoms with Crippen LogP contribution in [0, 0.1) is 6.92 Å². The Labute approximate surface area is 198 Å². The predicted octanol–water partition coefficient (Wildman–Crippen LogP) is 2.75. The van der Waals surface area contributed by atoms with Gasteiger partial charge in [0, 0.05) is 44.2 Å². The van der Waals surface area contributed by atoms with Gasteiger partial charge in [0.25, 0.3) is 5.91 Å². The number of hydrogen-bond donors (Lipinski definition) is 1. The molecule has 2 aromatic heterocycles. The molecule has 0 aliphatic carbocycles. The van der Waals surface area contributed by atoms with Crippen molar-refractivity contribution < 1.29 is 23.4 Å². The highest BCUT2D eigenvalue weighted by molar-refractivity contribution is 5.95. The lowest BCUT2D eigenvalue weighted by molar-refractivity contribution is 0.0936. The van der Waals surface area contributed by atoms with Crippen molar-refractivity contribution in [3.05, 3.63) is 53.0 Å². The SMILES string of the molecule is COc1cc(OC)c(OC)cc1CN1CCc2nnc([C@H](C)NC(=O)c3ccoc3C)n2CC1. The fourth-order valence-electron chi connectivity index (χ4n) is 4.28. The lowest BCUT2D eigenvalue weighted by Gasteiger charge is -2.22. The summed E-state index contributed by atoms with van der Waals surface area (Å²) < 4.78 is 23.8. The average Bonchev–Trinajstić information content (AvgIpc) is 3.40. The van der Waals surface area contributed by atoms with Gasteiger partial charge >= 0.3 is 0 Å². The molecule has 0 fully saturated rings. The maximum Gasteiger partial charge on any atom is 0.255 e. The van der Waals surface area contributed by atoms with E-state index in [0.29, 0.717) is 29.4 Å². The van der Waals surface area contributed by atoms with Crippen LogP contribution in [0.2, 0.25) is 0 Å². The fourth-order valence-corrected chi connectivity index (χ4v) is 4.28. The van der Waals surface area contributed by atoms with Crippen molar-refractivity contribution in [2.75, 3.05) is 34.4 Å². The molecule has 0 saturated carbocycles. The van der Waals surface area contributed by atoms with E-state index in [4.69, 9.17) is 18.6 Å². The first-order valence-corrected chi connectivity index (χ1v) is 11.2. The van der Waals surface area contributed by atoms with Gasteiger partial charge in [0.15, 0.2) is 17.3 Å². The van der Waals surface area contributed by atoms with E-state index in [-0.39, 0.29) is 11.9 Å². The lowest BCUT2D eigenvalue weighted by atomic mass is 10.1. The largest absolute Gasteiger partial charge is 0.496 e. The van der Waals surface area contributed by atoms with Gasteiger partial charge in [-0.15, -0.1) is 10.2 Å². The van der Waals surface area contributed by atoms with Crippen molar-refractivity contribution in [1.29, 1.82) is 0 Å². The maximum atomic E-state index is 12.6. The highest BCUT2D eigenvalue weighted by Gasteiger charge is 2.24. The number of aromatic nitrogens is 3. The molecule has 1 N–H and O–H groups in total. The lowest BCUT2D eigenvalue weighted by Crippen LogP contribution is -2.30. The molecule has 1 aliphatic rings. The van der Waals surface area contributed by atoms with Gasteiger partial charge in [0.05, 0.1) is 39.2 Å². The van der Waals surface area contributed by atoms with Crippen LogP contribution in [0.4, 0.5) is 0 Å². The van der Waals surface area contributed by atoms with E-state index in [0.717, 1.165) is 49.0 Å². The Morgan fingerprint density at radius 1 is 1.09 bits per heavy atom. The van der Waals surface area contributed by atoms with E-state index >= 15 is 0 Å². The van der Waals surface area contributed by atoms with Crippen LogP contribution in [-0.4, -0.2) is 60.0 Å². The molecule has 0 saturated heterocycles. The van der Waals surface area contributed by atoms with Gasteiger partial charge in [0.1, 0.15) is 17.3 Å². The number of nitrogens with zero attached hydrogens (tertiary/aromatic N) is 4. The summed E-state index contributed by atoms with van der Waals surface area (Å²) in [4.78, 5) is 15.0. The molecule has 1 aromatic carbocycles. The van der Waals surface area contributed by atoms with Gasteiger partial charge < -0.3 is 28.5 Å². The summed E-state index contributed by atoms with van der Waals surface area (Å²) in [5.74, 6) is 4.12. The van der Waals surface area contributed by atoms with Crippen LogP contribution in [0.15, 0.2) is 28.9 Å². The first-order valence-electron chi connectivity index (χ1n) is 11.2. The molecule has 1 aliphatic heterocycles. The number of methoxy groups -OCH3 is 3. The van der Waals surface area contributed by atoms with Crippen LogP contribution >= 0.6 is 0 Å². The molecule has 0 radical (unpaired) electrons. The zero-order valence-electron chi connectivity index (χ0n) is 20.3. The van der Waals surface area contributed by atoms with Crippen LogP contribution in [-0.2, 0) is 19.5 Å². The monoisotopic (exact) mass is 469 g/mol. The summed E-state index contributed by atoms with van der Waals surface area (Å²) in [7, 11) is 4.89. The molecule has 182 valence electrons. The van der Waals surface area contributed by atoms with E-state index in [9.17, 15) is 4.79 Å². The number of furan rings is 1. The molecular formula is C24H31N5O5. The number of benzene rings is 1. The average molecular weight is 470 g/mol. The second-order valence-electron chi connectivity index (χ2n) is 8.26. The summed E-state index contributed by atoms with van der Waals surface area (Å²) in [6.07, 6.45) is 2.27. The number of fused-ring (bicyclic) bond motifs is 1. The topological polar surface area (TPSA) is 104 Å². The van der Waals surface area contributed by atoms with Gasteiger partial charge in [-0.25, -0.2) is 0 Å². The highest BCUT2D eigenvalue weighted by Crippen LogP contribution is 2.35. The molecule has 34 heavy (non-hydrogen) atoms. The zero-order chi connectivity index (χ0) is 24.2. The Hall–Kier alpha value is -3.53. The Kier molecular flexibility index (Phi) is 7.06. The number of carbonyl (C=O) groups excluding carboxylic acids is 1. The summed E-state index contributed by atoms with van der Waals surface area (Å²) in [5, 5.41) is 11.8. The number of hydrogen-bond acceptors (Lipinski definition) is 8. The summed E-state index contributed by atoms with van der Waals surface area (Å²) in [5.41, 5.74) is 1.55. The van der Waals surface area contributed by atoms with Crippen LogP contribution in [0.25, 0.3) is 0 Å². The number of amides is 1. The number of rotatable bonds is 8. The third-order valence-electron chi connectivity index (χ3n) is 6.17. The molecule has 3 aromatic rings. The first kappa shape index (κ1) is 23.6. The summed E-state index contributed by atoms with van der Waals surface area (Å²) in [6.45, 7) is 6.73. The second-order valence-corrected chi connectivity index (χ2v) is 8.26. The van der Waals surface area contributed by atoms with Gasteiger partial charge in [-0.3, -0.25) is 9.69 Å². The summed E-state index contributed by atoms with van der Waals surface area (Å²) >= 11 is 0. The number of nitrogens with one attached hydrogen (secondary N) is 1. The van der Waals surface area contributed by atoms with E-state index in [1.165, 1.54) is 6.26 Å². The van der Waals surface area contributed by atoms with Crippen molar-refractivity contribution >= 4 is 5.91 Å². The number of aryl methyl sites for hydroxylation is 1. The molecule has 0 unspecified atom stereocenters. The van der Waals surface area contributed by atoms with Gasteiger partial charge in [-0.05, 0) is 26.0 Å². The van der Waals surface area contributed by atoms with Gasteiger partial charge in [-0.1, -0.05) is 0 Å². The molecule has 3 heterocycles. The third kappa shape index (κ3) is 4.72. The molecule has 0 spiro atoms. The van der Waals surface area contributed by atoms with Crippen molar-refractivity contribution in [2.45, 2.75) is 39.4 Å². The third-order valence-corrected chi connectivity index (χ3v) is 6.17. The predicted molar refractivity (Wildman–Crippen MR) is 124 cm³/mol. The Bertz CT molecular complexity index is 1150. The van der Waals surface area contributed by atoms with Gasteiger partial charge in [0.2, 0.25) is 0 Å². The van der Waals surface area contributed by atoms with Crippen molar-refractivity contribution in [3.8, 4) is 17.2 Å². The number of ether oxygens (including phenoxy) is 3. The summed E-state index contributed by atoms with van der Waals surface area (Å²) in [6, 6.07) is 5.19. The standard InChI is InChI=1S/C24H31N5O5/c1-15(25-24(30)18-7-11-34-16(18)2)23-27-26-22-6-8-28(9-10-29(22)23)14-17-12-20(32-4)21(33-5)13-19(17)31-3/h7,11-13,15H,6,8-10,14H2,1-5H3,(H,25,30)/t15-/m0/s1. The molecule has 1 amide bonds. The van der Waals surface area contributed by atoms with E-state index in [2.05, 4.69) is 25.0 Å². The minimum Gasteiger partial charge on any atom is -0.496 e. The molecular weight excluding hydrogens is 438 g/mol. The van der Waals surface area contributed by atoms with Crippen molar-refractivity contribution in [1.82, 2.24) is 25.0 Å². The first-order chi connectivity index (χ1) is 16.4. The number of carbonyl (C=O) groups is 1. The minimum atomic E-state index is -0.291. The zero-order valence-corrected chi connectivity index (χ0v) is 20.3. The van der Waals surface area contributed by atoms with E-state index in [1.54, 1.807) is 34.3 Å². The smallest absolute Gasteiger partial charge is 0.255 e. The van der Waals surface area contributed by atoms with E-state index < -0.39 is 0 Å². The van der Waals surface area contributed by atoms with Crippen LogP contribution in [0.5, 0.6) is 17.2 Å². The molecule has 4 rings (SSSR count). The van der Waals surface area contributed by atoms with Crippen molar-refractivity contribution in [3.63, 3.8) is 0 Å². The fraction of sp³-hybridized carbons (Fsp3) is 0.458.